The van der Waals surface area contributed by atoms with Crippen molar-refractivity contribution >= 4 is 27.6 Å². The molecule has 0 radical (unpaired) electrons. The van der Waals surface area contributed by atoms with E-state index in [4.69, 9.17) is 0 Å². The van der Waals surface area contributed by atoms with Gasteiger partial charge >= 0.3 is 0 Å². The molecular weight excluding hydrogens is 432 g/mol. The molecule has 2 unspecified atom stereocenters. The minimum absolute atomic E-state index is 0.561. The predicted molar refractivity (Wildman–Crippen MR) is 144 cm³/mol. The molecule has 0 spiro atoms. The number of anilines is 1. The van der Waals surface area contributed by atoms with E-state index in [1.165, 1.54) is 55.2 Å². The Kier molecular flexibility index (Phi) is 6.40. The van der Waals surface area contributed by atoms with Crippen molar-refractivity contribution in [2.24, 2.45) is 11.8 Å². The van der Waals surface area contributed by atoms with E-state index in [0.29, 0.717) is 6.04 Å². The van der Waals surface area contributed by atoms with E-state index < -0.39 is 0 Å². The van der Waals surface area contributed by atoms with Crippen LogP contribution in [0.5, 0.6) is 0 Å². The van der Waals surface area contributed by atoms with Crippen molar-refractivity contribution < 1.29 is 0 Å². The molecule has 3 heterocycles. The Morgan fingerprint density at radius 3 is 2.74 bits per heavy atom. The molecule has 1 saturated carbocycles. The molecule has 1 aliphatic carbocycles. The summed E-state index contributed by atoms with van der Waals surface area (Å²) >= 11 is 0. The Hall–Kier alpha value is -2.96. The summed E-state index contributed by atoms with van der Waals surface area (Å²) in [5, 5.41) is 10.7. The van der Waals surface area contributed by atoms with Gasteiger partial charge in [-0.1, -0.05) is 42.5 Å². The topological polar surface area (TPSA) is 58.0 Å². The monoisotopic (exact) mass is 468 g/mol. The maximum absolute atomic E-state index is 4.58. The molecule has 1 saturated heterocycles. The summed E-state index contributed by atoms with van der Waals surface area (Å²) in [6.45, 7) is 5.94. The summed E-state index contributed by atoms with van der Waals surface area (Å²) < 4.78 is 2.39. The van der Waals surface area contributed by atoms with Crippen LogP contribution in [-0.2, 0) is 6.42 Å². The quantitative estimate of drug-likeness (QED) is 0.348. The minimum Gasteiger partial charge on any atom is -0.372 e. The number of hydrogen-bond donors (Lipinski definition) is 2. The number of nitrogens with zero attached hydrogens (tertiary/aromatic N) is 4. The zero-order valence-corrected chi connectivity index (χ0v) is 20.7. The third-order valence-electron chi connectivity index (χ3n) is 8.04. The highest BCUT2D eigenvalue weighted by molar-refractivity contribution is 5.87. The number of hydrogen-bond acceptors (Lipinski definition) is 5. The van der Waals surface area contributed by atoms with Gasteiger partial charge in [0, 0.05) is 45.5 Å². The third-order valence-corrected chi connectivity index (χ3v) is 8.04. The van der Waals surface area contributed by atoms with Crippen molar-refractivity contribution in [1.82, 2.24) is 24.8 Å². The number of rotatable bonds is 9. The van der Waals surface area contributed by atoms with Crippen LogP contribution in [0.15, 0.2) is 61.1 Å². The Balaban J connectivity index is 0.919. The molecular formula is C29H36N6. The van der Waals surface area contributed by atoms with E-state index in [9.17, 15) is 0 Å². The van der Waals surface area contributed by atoms with Crippen LogP contribution in [0, 0.1) is 11.8 Å². The molecule has 2 aromatic carbocycles. The van der Waals surface area contributed by atoms with Gasteiger partial charge < -0.3 is 20.1 Å². The van der Waals surface area contributed by atoms with Crippen molar-refractivity contribution in [2.45, 2.75) is 31.7 Å². The highest BCUT2D eigenvalue weighted by Crippen LogP contribution is 2.38. The molecule has 4 aromatic rings. The summed E-state index contributed by atoms with van der Waals surface area (Å²) in [5.41, 5.74) is 2.49. The summed E-state index contributed by atoms with van der Waals surface area (Å²) in [6, 6.07) is 18.2. The first-order valence-corrected chi connectivity index (χ1v) is 13.2. The van der Waals surface area contributed by atoms with Crippen LogP contribution < -0.4 is 10.6 Å². The van der Waals surface area contributed by atoms with Crippen LogP contribution in [0.4, 0.5) is 5.82 Å². The summed E-state index contributed by atoms with van der Waals surface area (Å²) in [5.74, 6) is 2.51. The van der Waals surface area contributed by atoms with E-state index in [1.807, 2.05) is 7.05 Å². The Morgan fingerprint density at radius 2 is 1.86 bits per heavy atom. The smallest absolute Gasteiger partial charge is 0.145 e. The lowest BCUT2D eigenvalue weighted by atomic mass is 9.97. The molecule has 2 N–H and O–H groups in total. The van der Waals surface area contributed by atoms with E-state index in [0.717, 1.165) is 48.2 Å². The maximum atomic E-state index is 4.58. The molecule has 2 fully saturated rings. The molecule has 1 aliphatic heterocycles. The van der Waals surface area contributed by atoms with Gasteiger partial charge in [0.25, 0.3) is 0 Å². The van der Waals surface area contributed by atoms with Gasteiger partial charge in [0.1, 0.15) is 17.8 Å². The highest BCUT2D eigenvalue weighted by atomic mass is 15.2. The van der Waals surface area contributed by atoms with Gasteiger partial charge in [-0.2, -0.15) is 0 Å². The Bertz CT molecular complexity index is 1290. The second kappa shape index (κ2) is 9.96. The van der Waals surface area contributed by atoms with E-state index >= 15 is 0 Å². The average molecular weight is 469 g/mol. The largest absolute Gasteiger partial charge is 0.372 e. The first kappa shape index (κ1) is 22.5. The van der Waals surface area contributed by atoms with E-state index in [1.54, 1.807) is 6.33 Å². The summed E-state index contributed by atoms with van der Waals surface area (Å²) in [4.78, 5) is 11.6. The van der Waals surface area contributed by atoms with Gasteiger partial charge in [0.2, 0.25) is 0 Å². The highest BCUT2D eigenvalue weighted by Gasteiger charge is 2.32. The normalized spacial score (nSPS) is 21.1. The maximum Gasteiger partial charge on any atom is 0.145 e. The SMILES string of the molecule is CNc1ncnc2c1ccn2C1CCC(CN2CC(CNCCc3ccc4ccccc4c3)C2)C1. The van der Waals surface area contributed by atoms with Crippen molar-refractivity contribution in [3.8, 4) is 0 Å². The van der Waals surface area contributed by atoms with Crippen LogP contribution in [0.3, 0.4) is 0 Å². The molecule has 35 heavy (non-hydrogen) atoms. The van der Waals surface area contributed by atoms with Crippen molar-refractivity contribution in [3.05, 3.63) is 66.6 Å². The van der Waals surface area contributed by atoms with Gasteiger partial charge in [0.15, 0.2) is 0 Å². The van der Waals surface area contributed by atoms with Crippen molar-refractivity contribution in [3.63, 3.8) is 0 Å². The fourth-order valence-electron chi connectivity index (χ4n) is 6.19. The number of aromatic nitrogens is 3. The number of likely N-dealkylation sites (tertiary alicyclic amines) is 1. The van der Waals surface area contributed by atoms with Gasteiger partial charge in [0.05, 0.1) is 5.39 Å². The van der Waals surface area contributed by atoms with E-state index in [2.05, 4.69) is 84.8 Å². The molecule has 2 aromatic heterocycles. The van der Waals surface area contributed by atoms with Crippen LogP contribution in [0.2, 0.25) is 0 Å². The Labute approximate surface area is 207 Å². The summed E-state index contributed by atoms with van der Waals surface area (Å²) in [7, 11) is 1.92. The minimum atomic E-state index is 0.561. The van der Waals surface area contributed by atoms with Crippen LogP contribution in [0.25, 0.3) is 21.8 Å². The first-order valence-electron chi connectivity index (χ1n) is 13.2. The predicted octanol–water partition coefficient (Wildman–Crippen LogP) is 4.73. The van der Waals surface area contributed by atoms with Crippen molar-refractivity contribution in [2.75, 3.05) is 45.1 Å². The third kappa shape index (κ3) is 4.78. The molecule has 0 bridgehead atoms. The summed E-state index contributed by atoms with van der Waals surface area (Å²) in [6.07, 6.45) is 8.80. The van der Waals surface area contributed by atoms with Gasteiger partial charge in [-0.05, 0) is 66.5 Å². The number of fused-ring (bicyclic) bond motifs is 2. The second-order valence-electron chi connectivity index (χ2n) is 10.5. The van der Waals surface area contributed by atoms with Gasteiger partial charge in [-0.3, -0.25) is 0 Å². The Morgan fingerprint density at radius 1 is 0.971 bits per heavy atom. The standard InChI is InChI=1S/C29H36N6/c1-30-28-27-11-13-35(29(27)33-20-32-28)26-9-7-22(15-26)17-34-18-23(19-34)16-31-12-10-21-6-8-24-4-2-3-5-25(24)14-21/h2-6,8,11,13-14,20,22-23,26,31H,7,9-10,12,15-19H2,1H3,(H,30,32,33). The molecule has 6 rings (SSSR count). The van der Waals surface area contributed by atoms with Crippen LogP contribution in [-0.4, -0.2) is 59.2 Å². The lowest BCUT2D eigenvalue weighted by Gasteiger charge is -2.41. The molecule has 6 heteroatoms. The average Bonchev–Trinajstić information content (AvgIpc) is 3.51. The lowest BCUT2D eigenvalue weighted by Crippen LogP contribution is -2.52. The molecule has 6 nitrogen and oxygen atoms in total. The van der Waals surface area contributed by atoms with Gasteiger partial charge in [-0.25, -0.2) is 9.97 Å². The molecule has 2 aliphatic rings. The number of nitrogens with one attached hydrogen (secondary N) is 2. The fraction of sp³-hybridized carbons (Fsp3) is 0.448. The van der Waals surface area contributed by atoms with Crippen LogP contribution in [0.1, 0.15) is 30.9 Å². The molecule has 2 atom stereocenters. The zero-order valence-electron chi connectivity index (χ0n) is 20.7. The second-order valence-corrected chi connectivity index (χ2v) is 10.5. The molecule has 0 amide bonds. The fourth-order valence-corrected chi connectivity index (χ4v) is 6.19. The van der Waals surface area contributed by atoms with Crippen LogP contribution >= 0.6 is 0 Å². The van der Waals surface area contributed by atoms with Crippen molar-refractivity contribution in [1.29, 1.82) is 0 Å². The lowest BCUT2D eigenvalue weighted by molar-refractivity contribution is 0.0814. The van der Waals surface area contributed by atoms with Gasteiger partial charge in [-0.15, -0.1) is 0 Å². The number of benzene rings is 2. The van der Waals surface area contributed by atoms with E-state index in [-0.39, 0.29) is 0 Å². The first-order chi connectivity index (χ1) is 17.3. The molecule has 182 valence electrons. The zero-order chi connectivity index (χ0) is 23.6.